The quantitative estimate of drug-likeness (QED) is 0.589. The van der Waals surface area contributed by atoms with E-state index in [2.05, 4.69) is 10.6 Å². The van der Waals surface area contributed by atoms with Crippen molar-refractivity contribution in [3.63, 3.8) is 0 Å². The second kappa shape index (κ2) is 8.31. The van der Waals surface area contributed by atoms with Gasteiger partial charge in [-0.2, -0.15) is 0 Å². The third kappa shape index (κ3) is 3.23. The maximum absolute atomic E-state index is 14.0. The van der Waals surface area contributed by atoms with Crippen LogP contribution in [-0.4, -0.2) is 64.7 Å². The van der Waals surface area contributed by atoms with Gasteiger partial charge < -0.3 is 25.4 Å². The van der Waals surface area contributed by atoms with Crippen LogP contribution in [0.1, 0.15) is 33.6 Å². The minimum Gasteiger partial charge on any atom is -0.394 e. The van der Waals surface area contributed by atoms with E-state index in [1.54, 1.807) is 7.05 Å². The van der Waals surface area contributed by atoms with Crippen molar-refractivity contribution >= 4 is 34.2 Å². The summed E-state index contributed by atoms with van der Waals surface area (Å²) in [5.74, 6) is -2.44. The molecule has 0 saturated carbocycles. The Morgan fingerprint density at radius 3 is 2.57 bits per heavy atom. The zero-order valence-electron chi connectivity index (χ0n) is 20.6. The van der Waals surface area contributed by atoms with E-state index < -0.39 is 35.1 Å². The van der Waals surface area contributed by atoms with Crippen molar-refractivity contribution in [1.82, 2.24) is 10.2 Å². The highest BCUT2D eigenvalue weighted by Crippen LogP contribution is 2.65. The molecule has 3 aliphatic heterocycles. The highest BCUT2D eigenvalue weighted by molar-refractivity contribution is 6.04. The highest BCUT2D eigenvalue weighted by atomic mass is 16.5. The predicted octanol–water partition coefficient (Wildman–Crippen LogP) is 2.31. The second-order valence-electron chi connectivity index (χ2n) is 10.4. The minimum absolute atomic E-state index is 0.0287. The van der Waals surface area contributed by atoms with E-state index in [1.165, 1.54) is 4.90 Å². The number of carbonyl (C=O) groups excluding carboxylic acids is 3. The number of ether oxygens (including phenoxy) is 1. The summed E-state index contributed by atoms with van der Waals surface area (Å²) in [5.41, 5.74) is -1.37. The molecule has 7 atom stereocenters. The molecular formula is C27H33N3O5. The molecule has 3 heterocycles. The highest BCUT2D eigenvalue weighted by Gasteiger charge is 2.80. The van der Waals surface area contributed by atoms with Gasteiger partial charge in [0, 0.05) is 12.7 Å². The predicted molar refractivity (Wildman–Crippen MR) is 131 cm³/mol. The van der Waals surface area contributed by atoms with Gasteiger partial charge in [-0.15, -0.1) is 0 Å². The third-order valence-electron chi connectivity index (χ3n) is 8.62. The number of likely N-dealkylation sites (tertiary alicyclic amines) is 1. The van der Waals surface area contributed by atoms with Crippen LogP contribution < -0.4 is 10.6 Å². The molecule has 186 valence electrons. The number of aliphatic hydroxyl groups is 1. The molecule has 35 heavy (non-hydrogen) atoms. The Bertz CT molecular complexity index is 1200. The van der Waals surface area contributed by atoms with Gasteiger partial charge in [-0.05, 0) is 48.6 Å². The lowest BCUT2D eigenvalue weighted by molar-refractivity contribution is -0.149. The smallest absolute Gasteiger partial charge is 0.250 e. The number of nitrogens with zero attached hydrogens (tertiary/aromatic N) is 1. The zero-order valence-corrected chi connectivity index (χ0v) is 20.6. The average Bonchev–Trinajstić information content (AvgIpc) is 3.36. The number of rotatable bonds is 6. The largest absolute Gasteiger partial charge is 0.394 e. The summed E-state index contributed by atoms with van der Waals surface area (Å²) >= 11 is 0. The van der Waals surface area contributed by atoms with E-state index in [0.29, 0.717) is 18.5 Å². The van der Waals surface area contributed by atoms with Gasteiger partial charge in [0.05, 0.1) is 30.1 Å². The Morgan fingerprint density at radius 2 is 1.91 bits per heavy atom. The molecule has 0 aliphatic carbocycles. The van der Waals surface area contributed by atoms with E-state index >= 15 is 0 Å². The fourth-order valence-electron chi connectivity index (χ4n) is 6.82. The summed E-state index contributed by atoms with van der Waals surface area (Å²) in [4.78, 5) is 42.4. The molecule has 3 N–H and O–H groups in total. The van der Waals surface area contributed by atoms with E-state index in [4.69, 9.17) is 4.74 Å². The molecule has 3 amide bonds. The van der Waals surface area contributed by atoms with Crippen molar-refractivity contribution in [1.29, 1.82) is 0 Å². The number of hydrogen-bond donors (Lipinski definition) is 3. The normalized spacial score (nSPS) is 34.2. The number of amides is 3. The van der Waals surface area contributed by atoms with Crippen molar-refractivity contribution in [3.05, 3.63) is 42.5 Å². The summed E-state index contributed by atoms with van der Waals surface area (Å²) in [7, 11) is 1.55. The van der Waals surface area contributed by atoms with Crippen molar-refractivity contribution in [3.8, 4) is 0 Å². The lowest BCUT2D eigenvalue weighted by Gasteiger charge is -2.36. The first kappa shape index (κ1) is 23.8. The first-order valence-corrected chi connectivity index (χ1v) is 12.4. The van der Waals surface area contributed by atoms with Crippen LogP contribution in [0.2, 0.25) is 0 Å². The molecule has 8 nitrogen and oxygen atoms in total. The molecule has 5 rings (SSSR count). The topological polar surface area (TPSA) is 108 Å². The zero-order chi connectivity index (χ0) is 25.1. The lowest BCUT2D eigenvalue weighted by Crippen LogP contribution is -2.56. The maximum atomic E-state index is 14.0. The SMILES string of the molecule is CC[C@@H](CO)N1C(=O)[C@@H]2[C@@H](C(=O)NC)[C@]3(C)OC2(CC3C)C1C(=O)Nc1ccc2ccccc2c1. The van der Waals surface area contributed by atoms with Gasteiger partial charge in [-0.3, -0.25) is 14.4 Å². The van der Waals surface area contributed by atoms with Crippen molar-refractivity contribution in [2.24, 2.45) is 17.8 Å². The van der Waals surface area contributed by atoms with Crippen LogP contribution in [0.25, 0.3) is 10.8 Å². The molecule has 3 aliphatic rings. The number of benzene rings is 2. The molecule has 3 saturated heterocycles. The second-order valence-corrected chi connectivity index (χ2v) is 10.4. The molecule has 0 aromatic heterocycles. The van der Waals surface area contributed by atoms with Crippen LogP contribution in [0.3, 0.4) is 0 Å². The Kier molecular flexibility index (Phi) is 5.64. The van der Waals surface area contributed by atoms with E-state index in [-0.39, 0.29) is 30.2 Å². The molecule has 2 aromatic rings. The van der Waals surface area contributed by atoms with Gasteiger partial charge in [-0.1, -0.05) is 44.2 Å². The van der Waals surface area contributed by atoms with Crippen LogP contribution in [0, 0.1) is 17.8 Å². The number of anilines is 1. The molecule has 3 unspecified atom stereocenters. The molecule has 1 spiro atoms. The monoisotopic (exact) mass is 479 g/mol. The standard InChI is InChI=1S/C27H33N3O5/c1-5-19(14-31)30-22(24(33)29-18-11-10-16-8-6-7-9-17(16)12-18)27-13-15(2)26(3,35-27)20(23(32)28-4)21(27)25(30)34/h6-12,15,19-22,31H,5,13-14H2,1-4H3,(H,28,32)(H,29,33)/t15?,19-,20-,21-,22?,26+,27?/m0/s1. The number of hydrogen-bond acceptors (Lipinski definition) is 5. The Balaban J connectivity index is 1.58. The fourth-order valence-corrected chi connectivity index (χ4v) is 6.82. The molecule has 2 bridgehead atoms. The van der Waals surface area contributed by atoms with Crippen molar-refractivity contribution in [2.75, 3.05) is 19.0 Å². The number of nitrogens with one attached hydrogen (secondary N) is 2. The molecule has 2 aromatic carbocycles. The van der Waals surface area contributed by atoms with Crippen LogP contribution >= 0.6 is 0 Å². The van der Waals surface area contributed by atoms with Gasteiger partial charge in [0.15, 0.2) is 0 Å². The van der Waals surface area contributed by atoms with Gasteiger partial charge in [0.1, 0.15) is 11.6 Å². The van der Waals surface area contributed by atoms with Gasteiger partial charge in [-0.25, -0.2) is 0 Å². The van der Waals surface area contributed by atoms with E-state index in [0.717, 1.165) is 10.8 Å². The fraction of sp³-hybridized carbons (Fsp3) is 0.519. The number of aliphatic hydroxyl groups excluding tert-OH is 1. The Labute approximate surface area is 205 Å². The van der Waals surface area contributed by atoms with E-state index in [9.17, 15) is 19.5 Å². The third-order valence-corrected chi connectivity index (χ3v) is 8.62. The van der Waals surface area contributed by atoms with E-state index in [1.807, 2.05) is 63.2 Å². The number of fused-ring (bicyclic) bond motifs is 2. The minimum atomic E-state index is -1.13. The first-order valence-electron chi connectivity index (χ1n) is 12.4. The molecule has 8 heteroatoms. The Hall–Kier alpha value is -2.97. The Morgan fingerprint density at radius 1 is 1.20 bits per heavy atom. The van der Waals surface area contributed by atoms with Gasteiger partial charge in [0.25, 0.3) is 0 Å². The maximum Gasteiger partial charge on any atom is 0.250 e. The summed E-state index contributed by atoms with van der Waals surface area (Å²) in [6.07, 6.45) is 0.962. The van der Waals surface area contributed by atoms with Gasteiger partial charge in [0.2, 0.25) is 17.7 Å². The first-order chi connectivity index (χ1) is 16.7. The summed E-state index contributed by atoms with van der Waals surface area (Å²) in [6.45, 7) is 5.48. The summed E-state index contributed by atoms with van der Waals surface area (Å²) in [6, 6.07) is 12.0. The van der Waals surface area contributed by atoms with Crippen molar-refractivity contribution < 1.29 is 24.2 Å². The van der Waals surface area contributed by atoms with Crippen LogP contribution in [0.5, 0.6) is 0 Å². The number of carbonyl (C=O) groups is 3. The average molecular weight is 480 g/mol. The summed E-state index contributed by atoms with van der Waals surface area (Å²) in [5, 5.41) is 17.9. The van der Waals surface area contributed by atoms with Crippen LogP contribution in [0.15, 0.2) is 42.5 Å². The van der Waals surface area contributed by atoms with Gasteiger partial charge >= 0.3 is 0 Å². The molecular weight excluding hydrogens is 446 g/mol. The summed E-state index contributed by atoms with van der Waals surface area (Å²) < 4.78 is 6.63. The van der Waals surface area contributed by atoms with Crippen LogP contribution in [0.4, 0.5) is 5.69 Å². The molecule has 0 radical (unpaired) electrons. The van der Waals surface area contributed by atoms with Crippen molar-refractivity contribution in [2.45, 2.75) is 56.9 Å². The molecule has 3 fully saturated rings. The lowest BCUT2D eigenvalue weighted by atomic mass is 9.62. The van der Waals surface area contributed by atoms with Crippen LogP contribution in [-0.2, 0) is 19.1 Å².